The standard InChI is InChI=1S/C19H27N3O2/c1-3-24-18(23)15-8-6-10-22(13-15)19(20-2)21-12-16-11-14-7-4-5-9-17(14)16/h4-5,7,9,15-16H,3,6,8,10-13H2,1-2H3,(H,20,21). The first-order chi connectivity index (χ1) is 11.7. The molecule has 3 rings (SSSR count). The third kappa shape index (κ3) is 3.55. The van der Waals surface area contributed by atoms with Gasteiger partial charge in [-0.25, -0.2) is 0 Å². The fourth-order valence-electron chi connectivity index (χ4n) is 3.71. The van der Waals surface area contributed by atoms with Gasteiger partial charge in [-0.05, 0) is 37.3 Å². The number of esters is 1. The molecule has 0 aromatic heterocycles. The van der Waals surface area contributed by atoms with Crippen LogP contribution in [0.5, 0.6) is 0 Å². The van der Waals surface area contributed by atoms with Crippen LogP contribution in [0.2, 0.25) is 0 Å². The van der Waals surface area contributed by atoms with Gasteiger partial charge in [0.1, 0.15) is 0 Å². The summed E-state index contributed by atoms with van der Waals surface area (Å²) in [7, 11) is 1.81. The van der Waals surface area contributed by atoms with E-state index in [0.717, 1.165) is 38.3 Å². The number of piperidine rings is 1. The number of ether oxygens (including phenoxy) is 1. The van der Waals surface area contributed by atoms with Gasteiger partial charge in [0.25, 0.3) is 0 Å². The lowest BCUT2D eigenvalue weighted by Crippen LogP contribution is -2.49. The van der Waals surface area contributed by atoms with Crippen molar-refractivity contribution in [2.24, 2.45) is 10.9 Å². The molecule has 1 aliphatic carbocycles. The first-order valence-electron chi connectivity index (χ1n) is 8.93. The highest BCUT2D eigenvalue weighted by atomic mass is 16.5. The highest BCUT2D eigenvalue weighted by Gasteiger charge is 2.30. The lowest BCUT2D eigenvalue weighted by Gasteiger charge is -2.36. The summed E-state index contributed by atoms with van der Waals surface area (Å²) in [6.07, 6.45) is 3.03. The number of carbonyl (C=O) groups excluding carboxylic acids is 1. The van der Waals surface area contributed by atoms with E-state index in [0.29, 0.717) is 19.1 Å². The van der Waals surface area contributed by atoms with Crippen LogP contribution in [0, 0.1) is 5.92 Å². The monoisotopic (exact) mass is 329 g/mol. The Morgan fingerprint density at radius 1 is 1.42 bits per heavy atom. The number of hydrogen-bond acceptors (Lipinski definition) is 3. The molecule has 1 aromatic carbocycles. The maximum absolute atomic E-state index is 12.0. The van der Waals surface area contributed by atoms with E-state index < -0.39 is 0 Å². The molecule has 5 heteroatoms. The molecule has 1 fully saturated rings. The largest absolute Gasteiger partial charge is 0.466 e. The Morgan fingerprint density at radius 3 is 3.00 bits per heavy atom. The molecule has 1 N–H and O–H groups in total. The average molecular weight is 329 g/mol. The zero-order valence-corrected chi connectivity index (χ0v) is 14.6. The minimum atomic E-state index is -0.0782. The Bertz CT molecular complexity index is 614. The van der Waals surface area contributed by atoms with E-state index in [1.165, 1.54) is 11.1 Å². The van der Waals surface area contributed by atoms with Gasteiger partial charge in [0.2, 0.25) is 0 Å². The van der Waals surface area contributed by atoms with Crippen molar-refractivity contribution in [3.63, 3.8) is 0 Å². The summed E-state index contributed by atoms with van der Waals surface area (Å²) >= 11 is 0. The van der Waals surface area contributed by atoms with Crippen molar-refractivity contribution in [2.75, 3.05) is 33.3 Å². The van der Waals surface area contributed by atoms with Crippen LogP contribution in [0.4, 0.5) is 0 Å². The van der Waals surface area contributed by atoms with E-state index in [1.54, 1.807) is 0 Å². The second-order valence-electron chi connectivity index (χ2n) is 6.57. The van der Waals surface area contributed by atoms with Crippen molar-refractivity contribution in [1.29, 1.82) is 0 Å². The number of benzene rings is 1. The number of rotatable bonds is 4. The molecule has 24 heavy (non-hydrogen) atoms. The van der Waals surface area contributed by atoms with Crippen LogP contribution in [-0.2, 0) is 16.0 Å². The normalized spacial score (nSPS) is 23.2. The Kier molecular flexibility index (Phi) is 5.38. The second-order valence-corrected chi connectivity index (χ2v) is 6.57. The Balaban J connectivity index is 1.54. The quantitative estimate of drug-likeness (QED) is 0.523. The minimum Gasteiger partial charge on any atom is -0.466 e. The predicted molar refractivity (Wildman–Crippen MR) is 95.2 cm³/mol. The van der Waals surface area contributed by atoms with Crippen molar-refractivity contribution in [1.82, 2.24) is 10.2 Å². The molecule has 5 nitrogen and oxygen atoms in total. The van der Waals surface area contributed by atoms with Gasteiger partial charge in [-0.3, -0.25) is 9.79 Å². The maximum atomic E-state index is 12.0. The number of nitrogens with one attached hydrogen (secondary N) is 1. The van der Waals surface area contributed by atoms with Crippen molar-refractivity contribution < 1.29 is 9.53 Å². The second kappa shape index (κ2) is 7.69. The maximum Gasteiger partial charge on any atom is 0.310 e. The van der Waals surface area contributed by atoms with E-state index >= 15 is 0 Å². The van der Waals surface area contributed by atoms with Gasteiger partial charge in [-0.15, -0.1) is 0 Å². The molecule has 1 aromatic rings. The molecule has 1 aliphatic heterocycles. The van der Waals surface area contributed by atoms with Gasteiger partial charge >= 0.3 is 5.97 Å². The molecular formula is C19H27N3O2. The van der Waals surface area contributed by atoms with Gasteiger partial charge in [0, 0.05) is 32.6 Å². The van der Waals surface area contributed by atoms with Gasteiger partial charge < -0.3 is 15.0 Å². The lowest BCUT2D eigenvalue weighted by atomic mass is 9.78. The summed E-state index contributed by atoms with van der Waals surface area (Å²) in [5.41, 5.74) is 2.91. The predicted octanol–water partition coefficient (Wildman–Crippen LogP) is 2.18. The highest BCUT2D eigenvalue weighted by molar-refractivity contribution is 5.81. The summed E-state index contributed by atoms with van der Waals surface area (Å²) in [5.74, 6) is 1.34. The van der Waals surface area contributed by atoms with Crippen LogP contribution in [0.1, 0.15) is 36.8 Å². The van der Waals surface area contributed by atoms with Crippen LogP contribution < -0.4 is 5.32 Å². The van der Waals surface area contributed by atoms with Crippen LogP contribution >= 0.6 is 0 Å². The highest BCUT2D eigenvalue weighted by Crippen LogP contribution is 2.34. The summed E-state index contributed by atoms with van der Waals surface area (Å²) < 4.78 is 5.18. The smallest absolute Gasteiger partial charge is 0.310 e. The molecule has 130 valence electrons. The molecule has 0 saturated carbocycles. The van der Waals surface area contributed by atoms with Crippen molar-refractivity contribution in [3.05, 3.63) is 35.4 Å². The van der Waals surface area contributed by atoms with Crippen molar-refractivity contribution >= 4 is 11.9 Å². The zero-order chi connectivity index (χ0) is 16.9. The molecule has 0 radical (unpaired) electrons. The third-order valence-electron chi connectivity index (χ3n) is 5.02. The molecule has 0 amide bonds. The van der Waals surface area contributed by atoms with Crippen LogP contribution in [-0.4, -0.2) is 50.1 Å². The Hall–Kier alpha value is -2.04. The molecule has 0 bridgehead atoms. The lowest BCUT2D eigenvalue weighted by molar-refractivity contribution is -0.149. The van der Waals surface area contributed by atoms with Gasteiger partial charge in [-0.2, -0.15) is 0 Å². The number of fused-ring (bicyclic) bond motifs is 1. The summed E-state index contributed by atoms with van der Waals surface area (Å²) in [6, 6.07) is 8.62. The number of guanidine groups is 1. The van der Waals surface area contributed by atoms with Gasteiger partial charge in [0.15, 0.2) is 5.96 Å². The molecule has 2 atom stereocenters. The summed E-state index contributed by atoms with van der Waals surface area (Å²) in [4.78, 5) is 18.6. The van der Waals surface area contributed by atoms with E-state index in [1.807, 2.05) is 14.0 Å². The number of hydrogen-bond donors (Lipinski definition) is 1. The fraction of sp³-hybridized carbons (Fsp3) is 0.579. The van der Waals surface area contributed by atoms with E-state index in [2.05, 4.69) is 39.5 Å². The fourth-order valence-corrected chi connectivity index (χ4v) is 3.71. The number of aliphatic imine (C=N–C) groups is 1. The summed E-state index contributed by atoms with van der Waals surface area (Å²) in [6.45, 7) is 4.83. The van der Waals surface area contributed by atoms with E-state index in [-0.39, 0.29) is 11.9 Å². The molecule has 0 spiro atoms. The third-order valence-corrected chi connectivity index (χ3v) is 5.02. The Labute approximate surface area is 144 Å². The molecular weight excluding hydrogens is 302 g/mol. The van der Waals surface area contributed by atoms with Crippen LogP contribution in [0.25, 0.3) is 0 Å². The van der Waals surface area contributed by atoms with Crippen LogP contribution in [0.15, 0.2) is 29.3 Å². The van der Waals surface area contributed by atoms with Crippen molar-refractivity contribution in [3.8, 4) is 0 Å². The van der Waals surface area contributed by atoms with E-state index in [9.17, 15) is 4.79 Å². The first-order valence-corrected chi connectivity index (χ1v) is 8.93. The van der Waals surface area contributed by atoms with Gasteiger partial charge in [0.05, 0.1) is 12.5 Å². The molecule has 2 aliphatic rings. The topological polar surface area (TPSA) is 53.9 Å². The number of likely N-dealkylation sites (tertiary alicyclic amines) is 1. The number of nitrogens with zero attached hydrogens (tertiary/aromatic N) is 2. The molecule has 2 unspecified atom stereocenters. The van der Waals surface area contributed by atoms with E-state index in [4.69, 9.17) is 4.74 Å². The number of carbonyl (C=O) groups is 1. The minimum absolute atomic E-state index is 0.0401. The first kappa shape index (κ1) is 16.8. The Morgan fingerprint density at radius 2 is 2.25 bits per heavy atom. The molecule has 1 saturated heterocycles. The zero-order valence-electron chi connectivity index (χ0n) is 14.6. The van der Waals surface area contributed by atoms with Gasteiger partial charge in [-0.1, -0.05) is 24.3 Å². The summed E-state index contributed by atoms with van der Waals surface area (Å²) in [5, 5.41) is 3.50. The molecule has 1 heterocycles. The average Bonchev–Trinajstić information content (AvgIpc) is 2.59. The SMILES string of the molecule is CCOC(=O)C1CCCN(C(=NC)NCC2Cc3ccccc32)C1. The van der Waals surface area contributed by atoms with Crippen LogP contribution in [0.3, 0.4) is 0 Å². The van der Waals surface area contributed by atoms with Crippen molar-refractivity contribution in [2.45, 2.75) is 32.1 Å².